The van der Waals surface area contributed by atoms with Crippen molar-refractivity contribution in [3.63, 3.8) is 0 Å². The normalized spacial score (nSPS) is 11.9. The van der Waals surface area contributed by atoms with E-state index in [1.807, 2.05) is 24.3 Å². The van der Waals surface area contributed by atoms with Crippen LogP contribution in [0.25, 0.3) is 34.1 Å². The van der Waals surface area contributed by atoms with Gasteiger partial charge in [-0.15, -0.1) is 0 Å². The predicted octanol–water partition coefficient (Wildman–Crippen LogP) is 5.55. The molecule has 5 nitrogen and oxygen atoms in total. The van der Waals surface area contributed by atoms with Crippen LogP contribution >= 0.6 is 0 Å². The molecule has 0 fully saturated rings. The summed E-state index contributed by atoms with van der Waals surface area (Å²) in [5.74, 6) is 1.54. The van der Waals surface area contributed by atoms with Crippen LogP contribution in [0.3, 0.4) is 0 Å². The van der Waals surface area contributed by atoms with Crippen molar-refractivity contribution >= 4 is 34.1 Å². The van der Waals surface area contributed by atoms with Crippen LogP contribution < -0.4 is 10.4 Å². The van der Waals surface area contributed by atoms with Gasteiger partial charge in [0.25, 0.3) is 0 Å². The van der Waals surface area contributed by atoms with Crippen LogP contribution in [-0.4, -0.2) is 12.2 Å². The van der Waals surface area contributed by atoms with Crippen molar-refractivity contribution in [3.05, 3.63) is 69.8 Å². The third-order valence-corrected chi connectivity index (χ3v) is 4.67. The van der Waals surface area contributed by atoms with Crippen LogP contribution in [-0.2, 0) is 0 Å². The monoisotopic (exact) mass is 376 g/mol. The number of aromatic hydroxyl groups is 1. The van der Waals surface area contributed by atoms with Crippen molar-refractivity contribution in [1.29, 1.82) is 0 Å². The smallest absolute Gasteiger partial charge is 0.336 e. The van der Waals surface area contributed by atoms with E-state index in [1.54, 1.807) is 24.3 Å². The van der Waals surface area contributed by atoms with E-state index in [2.05, 4.69) is 13.8 Å². The average Bonchev–Trinajstić information content (AvgIpc) is 3.02. The van der Waals surface area contributed by atoms with Gasteiger partial charge in [-0.3, -0.25) is 0 Å². The summed E-state index contributed by atoms with van der Waals surface area (Å²) in [4.78, 5) is 11.5. The van der Waals surface area contributed by atoms with Crippen LogP contribution in [0, 0.1) is 0 Å². The average molecular weight is 376 g/mol. The fourth-order valence-electron chi connectivity index (χ4n) is 3.29. The third-order valence-electron chi connectivity index (χ3n) is 4.67. The largest absolute Gasteiger partial charge is 0.504 e. The predicted molar refractivity (Wildman–Crippen MR) is 110 cm³/mol. The highest BCUT2D eigenvalue weighted by molar-refractivity contribution is 5.99. The first-order valence-electron chi connectivity index (χ1n) is 9.01. The Hall–Kier alpha value is -3.47. The molecular formula is C23H20O5. The zero-order chi connectivity index (χ0) is 19.8. The molecule has 5 heteroatoms. The molecule has 4 rings (SSSR count). The number of fused-ring (bicyclic) bond motifs is 2. The molecule has 0 radical (unpaired) electrons. The maximum atomic E-state index is 11.5. The molecular weight excluding hydrogens is 356 g/mol. The van der Waals surface area contributed by atoms with Crippen LogP contribution in [0.1, 0.15) is 36.7 Å². The summed E-state index contributed by atoms with van der Waals surface area (Å²) in [7, 11) is 1.52. The van der Waals surface area contributed by atoms with Gasteiger partial charge in [-0.25, -0.2) is 4.79 Å². The minimum atomic E-state index is -0.387. The topological polar surface area (TPSA) is 72.8 Å². The molecule has 2 aromatic carbocycles. The molecule has 0 saturated heterocycles. The molecule has 0 atom stereocenters. The first-order valence-corrected chi connectivity index (χ1v) is 9.01. The lowest BCUT2D eigenvalue weighted by Crippen LogP contribution is -1.93. The fraction of sp³-hybridized carbons (Fsp3) is 0.174. The summed E-state index contributed by atoms with van der Waals surface area (Å²) < 4.78 is 16.4. The Morgan fingerprint density at radius 2 is 1.82 bits per heavy atom. The number of hydrogen-bond donors (Lipinski definition) is 1. The minimum absolute atomic E-state index is 0.0896. The Labute approximate surface area is 161 Å². The minimum Gasteiger partial charge on any atom is -0.504 e. The van der Waals surface area contributed by atoms with E-state index in [-0.39, 0.29) is 17.3 Å². The SMILES string of the molecule is COc1ccc(/C=C\c2c(C(C)C)oc3cc4oc(=O)ccc4cc23)cc1O. The summed E-state index contributed by atoms with van der Waals surface area (Å²) in [5.41, 5.74) is 2.59. The standard InChI is InChI=1S/C23H20O5/c1-13(2)23-16(7-4-14-5-8-19(26-3)18(24)10-14)17-11-15-6-9-22(25)27-20(15)12-21(17)28-23/h4-13,24H,1-3H3/b7-4-. The Kier molecular flexibility index (Phi) is 4.43. The summed E-state index contributed by atoms with van der Waals surface area (Å²) in [5, 5.41) is 11.8. The van der Waals surface area contributed by atoms with E-state index in [0.29, 0.717) is 16.9 Å². The molecule has 4 aromatic rings. The molecule has 28 heavy (non-hydrogen) atoms. The van der Waals surface area contributed by atoms with Gasteiger partial charge in [-0.05, 0) is 29.8 Å². The number of rotatable bonds is 4. The van der Waals surface area contributed by atoms with E-state index in [0.717, 1.165) is 27.7 Å². The molecule has 0 aliphatic heterocycles. The number of benzene rings is 2. The molecule has 0 spiro atoms. The number of phenols is 1. The Morgan fingerprint density at radius 1 is 1.00 bits per heavy atom. The highest BCUT2D eigenvalue weighted by atomic mass is 16.5. The number of furan rings is 1. The van der Waals surface area contributed by atoms with Crippen molar-refractivity contribution < 1.29 is 18.7 Å². The van der Waals surface area contributed by atoms with Gasteiger partial charge in [-0.1, -0.05) is 32.1 Å². The van der Waals surface area contributed by atoms with Gasteiger partial charge in [0.15, 0.2) is 11.5 Å². The highest BCUT2D eigenvalue weighted by Gasteiger charge is 2.16. The van der Waals surface area contributed by atoms with Gasteiger partial charge in [0.2, 0.25) is 0 Å². The Morgan fingerprint density at radius 3 is 2.54 bits per heavy atom. The Bertz CT molecular complexity index is 1260. The second-order valence-electron chi connectivity index (χ2n) is 6.94. The molecule has 142 valence electrons. The molecule has 1 N–H and O–H groups in total. The second-order valence-corrected chi connectivity index (χ2v) is 6.94. The van der Waals surface area contributed by atoms with Gasteiger partial charge >= 0.3 is 5.63 Å². The molecule has 0 saturated carbocycles. The van der Waals surface area contributed by atoms with E-state index in [9.17, 15) is 9.90 Å². The number of ether oxygens (including phenoxy) is 1. The lowest BCUT2D eigenvalue weighted by molar-refractivity contribution is 0.373. The highest BCUT2D eigenvalue weighted by Crippen LogP contribution is 2.35. The van der Waals surface area contributed by atoms with Crippen molar-refractivity contribution in [2.45, 2.75) is 19.8 Å². The van der Waals surface area contributed by atoms with E-state index >= 15 is 0 Å². The quantitative estimate of drug-likeness (QED) is 0.473. The third kappa shape index (κ3) is 3.16. The molecule has 0 amide bonds. The van der Waals surface area contributed by atoms with Crippen molar-refractivity contribution in [3.8, 4) is 11.5 Å². The lowest BCUT2D eigenvalue weighted by atomic mass is 10.0. The van der Waals surface area contributed by atoms with E-state index < -0.39 is 0 Å². The van der Waals surface area contributed by atoms with Gasteiger partial charge < -0.3 is 18.7 Å². The molecule has 0 bridgehead atoms. The number of methoxy groups -OCH3 is 1. The maximum absolute atomic E-state index is 11.5. The number of hydrogen-bond acceptors (Lipinski definition) is 5. The molecule has 0 aliphatic carbocycles. The molecule has 0 aliphatic rings. The zero-order valence-corrected chi connectivity index (χ0v) is 15.9. The second kappa shape index (κ2) is 6.93. The summed E-state index contributed by atoms with van der Waals surface area (Å²) >= 11 is 0. The van der Waals surface area contributed by atoms with Gasteiger partial charge in [0, 0.05) is 34.4 Å². The van der Waals surface area contributed by atoms with Crippen molar-refractivity contribution in [1.82, 2.24) is 0 Å². The molecule has 0 unspecified atom stereocenters. The number of phenolic OH excluding ortho intramolecular Hbond substituents is 1. The van der Waals surface area contributed by atoms with Crippen LogP contribution in [0.4, 0.5) is 0 Å². The fourth-order valence-corrected chi connectivity index (χ4v) is 3.29. The maximum Gasteiger partial charge on any atom is 0.336 e. The first kappa shape index (κ1) is 17.9. The molecule has 2 heterocycles. The van der Waals surface area contributed by atoms with Gasteiger partial charge in [0.05, 0.1) is 7.11 Å². The zero-order valence-electron chi connectivity index (χ0n) is 15.9. The van der Waals surface area contributed by atoms with Crippen molar-refractivity contribution in [2.75, 3.05) is 7.11 Å². The summed E-state index contributed by atoms with van der Waals surface area (Å²) in [6.45, 7) is 4.13. The first-order chi connectivity index (χ1) is 13.5. The van der Waals surface area contributed by atoms with Crippen molar-refractivity contribution in [2.24, 2.45) is 0 Å². The van der Waals surface area contributed by atoms with E-state index in [1.165, 1.54) is 13.2 Å². The van der Waals surface area contributed by atoms with Crippen LogP contribution in [0.2, 0.25) is 0 Å². The summed E-state index contributed by atoms with van der Waals surface area (Å²) in [6.07, 6.45) is 3.90. The van der Waals surface area contributed by atoms with Gasteiger partial charge in [-0.2, -0.15) is 0 Å². The lowest BCUT2D eigenvalue weighted by Gasteiger charge is -2.04. The van der Waals surface area contributed by atoms with Crippen LogP contribution in [0.5, 0.6) is 11.5 Å². The van der Waals surface area contributed by atoms with E-state index in [4.69, 9.17) is 13.6 Å². The van der Waals surface area contributed by atoms with Gasteiger partial charge in [0.1, 0.15) is 16.9 Å². The summed E-state index contributed by atoms with van der Waals surface area (Å²) in [6, 6.07) is 12.1. The van der Waals surface area contributed by atoms with Crippen LogP contribution in [0.15, 0.2) is 56.1 Å². The Balaban J connectivity index is 1.86. The molecule has 2 aromatic heterocycles.